The van der Waals surface area contributed by atoms with Gasteiger partial charge in [-0.25, -0.2) is 8.42 Å². The highest BCUT2D eigenvalue weighted by molar-refractivity contribution is 7.91. The van der Waals surface area contributed by atoms with E-state index in [-0.39, 0.29) is 15.7 Å². The lowest BCUT2D eigenvalue weighted by molar-refractivity contribution is 0.220. The van der Waals surface area contributed by atoms with Crippen molar-refractivity contribution < 1.29 is 22.6 Å². The van der Waals surface area contributed by atoms with Crippen molar-refractivity contribution in [2.75, 3.05) is 33.9 Å². The predicted molar refractivity (Wildman–Crippen MR) is 138 cm³/mol. The van der Waals surface area contributed by atoms with E-state index in [1.165, 1.54) is 17.3 Å². The Hall–Kier alpha value is -3.04. The van der Waals surface area contributed by atoms with Crippen LogP contribution in [0.25, 0.3) is 0 Å². The zero-order chi connectivity index (χ0) is 25.9. The van der Waals surface area contributed by atoms with E-state index in [0.717, 1.165) is 44.0 Å². The molecule has 0 N–H and O–H groups in total. The van der Waals surface area contributed by atoms with Gasteiger partial charge in [0.15, 0.2) is 11.5 Å². The smallest absolute Gasteiger partial charge is 0.209 e. The summed E-state index contributed by atoms with van der Waals surface area (Å²) in [4.78, 5) is 2.91. The maximum atomic E-state index is 13.2. The number of hydrogen-bond donors (Lipinski definition) is 0. The molecule has 0 saturated heterocycles. The van der Waals surface area contributed by atoms with Crippen LogP contribution in [0, 0.1) is 0 Å². The van der Waals surface area contributed by atoms with Crippen LogP contribution in [0.3, 0.4) is 0 Å². The number of nitrogens with zero attached hydrogens (tertiary/aromatic N) is 3. The zero-order valence-electron chi connectivity index (χ0n) is 21.7. The maximum absolute atomic E-state index is 13.2. The number of fused-ring (bicyclic) bond motifs is 1. The Morgan fingerprint density at radius 2 is 1.69 bits per heavy atom. The molecule has 0 atom stereocenters. The quantitative estimate of drug-likeness (QED) is 0.375. The summed E-state index contributed by atoms with van der Waals surface area (Å²) >= 11 is 0. The molecule has 1 aromatic heterocycles. The minimum Gasteiger partial charge on any atom is -0.494 e. The average molecular weight is 514 g/mol. The Morgan fingerprint density at radius 3 is 2.33 bits per heavy atom. The number of hydrogen-bond acceptors (Lipinski definition) is 7. The minimum atomic E-state index is -3.65. The lowest BCUT2D eigenvalue weighted by atomic mass is 9.98. The largest absolute Gasteiger partial charge is 0.494 e. The van der Waals surface area contributed by atoms with Crippen LogP contribution in [0.5, 0.6) is 17.2 Å². The first kappa shape index (κ1) is 26.0. The molecule has 36 heavy (non-hydrogen) atoms. The number of ether oxygens (including phenoxy) is 3. The van der Waals surface area contributed by atoms with Crippen molar-refractivity contribution in [3.63, 3.8) is 0 Å². The fraction of sp³-hybridized carbons (Fsp3) is 0.444. The van der Waals surface area contributed by atoms with Crippen molar-refractivity contribution in [3.05, 3.63) is 59.4 Å². The van der Waals surface area contributed by atoms with Gasteiger partial charge in [0.2, 0.25) is 9.84 Å². The Balaban J connectivity index is 1.31. The van der Waals surface area contributed by atoms with Crippen molar-refractivity contribution in [3.8, 4) is 17.2 Å². The molecular weight excluding hydrogens is 478 g/mol. The number of aromatic nitrogens is 2. The molecule has 0 spiro atoms. The molecule has 2 heterocycles. The van der Waals surface area contributed by atoms with Crippen molar-refractivity contribution in [1.82, 2.24) is 14.7 Å². The SMILES string of the molecule is COc1cc2c(cc1OC)CN(CCCOc1ccc(S(=O)(=O)c3cnn(C)c3C(C)C)cc1)CC2. The molecule has 1 aliphatic rings. The molecule has 0 saturated carbocycles. The molecule has 8 nitrogen and oxygen atoms in total. The van der Waals surface area contributed by atoms with Gasteiger partial charge in [-0.3, -0.25) is 9.58 Å². The molecule has 0 fully saturated rings. The minimum absolute atomic E-state index is 0.0446. The van der Waals surface area contributed by atoms with Crippen LogP contribution in [0.15, 0.2) is 52.4 Å². The lowest BCUT2D eigenvalue weighted by Crippen LogP contribution is -2.32. The third-order valence-corrected chi connectivity index (χ3v) is 8.39. The van der Waals surface area contributed by atoms with Crippen LogP contribution in [0.4, 0.5) is 0 Å². The van der Waals surface area contributed by atoms with Crippen LogP contribution >= 0.6 is 0 Å². The topological polar surface area (TPSA) is 82.9 Å². The highest BCUT2D eigenvalue weighted by atomic mass is 32.2. The van der Waals surface area contributed by atoms with Gasteiger partial charge in [-0.05, 0) is 66.3 Å². The highest BCUT2D eigenvalue weighted by Gasteiger charge is 2.26. The van der Waals surface area contributed by atoms with Crippen molar-refractivity contribution in [2.45, 2.75) is 48.9 Å². The van der Waals surface area contributed by atoms with E-state index < -0.39 is 9.84 Å². The molecule has 9 heteroatoms. The number of benzene rings is 2. The lowest BCUT2D eigenvalue weighted by Gasteiger charge is -2.29. The molecule has 4 rings (SSSR count). The Labute approximate surface area is 213 Å². The van der Waals surface area contributed by atoms with Gasteiger partial charge in [0.1, 0.15) is 10.6 Å². The van der Waals surface area contributed by atoms with Gasteiger partial charge in [0.25, 0.3) is 0 Å². The van der Waals surface area contributed by atoms with Crippen LogP contribution < -0.4 is 14.2 Å². The molecule has 0 radical (unpaired) electrons. The number of rotatable bonds is 10. The van der Waals surface area contributed by atoms with Gasteiger partial charge < -0.3 is 14.2 Å². The molecule has 0 amide bonds. The van der Waals surface area contributed by atoms with E-state index in [1.807, 2.05) is 13.8 Å². The van der Waals surface area contributed by atoms with Gasteiger partial charge in [0.05, 0.1) is 37.6 Å². The summed E-state index contributed by atoms with van der Waals surface area (Å²) in [5.41, 5.74) is 3.28. The summed E-state index contributed by atoms with van der Waals surface area (Å²) in [6.07, 6.45) is 3.28. The third kappa shape index (κ3) is 5.37. The Bertz CT molecular complexity index is 1300. The molecule has 3 aromatic rings. The van der Waals surface area contributed by atoms with Crippen LogP contribution in [0.1, 0.15) is 43.0 Å². The first-order valence-electron chi connectivity index (χ1n) is 12.2. The average Bonchev–Trinajstić information content (AvgIpc) is 3.28. The van der Waals surface area contributed by atoms with Crippen molar-refractivity contribution >= 4 is 9.84 Å². The molecule has 0 unspecified atom stereocenters. The van der Waals surface area contributed by atoms with Crippen LogP contribution in [0.2, 0.25) is 0 Å². The third-order valence-electron chi connectivity index (χ3n) is 6.60. The summed E-state index contributed by atoms with van der Waals surface area (Å²) < 4.78 is 44.7. The van der Waals surface area contributed by atoms with Crippen LogP contribution in [-0.4, -0.2) is 57.0 Å². The molecule has 194 valence electrons. The van der Waals surface area contributed by atoms with E-state index in [1.54, 1.807) is 50.2 Å². The normalized spacial score (nSPS) is 14.1. The predicted octanol–water partition coefficient (Wildman–Crippen LogP) is 4.22. The summed E-state index contributed by atoms with van der Waals surface area (Å²) in [7, 11) is 1.44. The molecule has 0 bridgehead atoms. The van der Waals surface area contributed by atoms with E-state index in [0.29, 0.717) is 18.1 Å². The molecule has 0 aliphatic carbocycles. The second kappa shape index (κ2) is 10.9. The van der Waals surface area contributed by atoms with E-state index in [2.05, 4.69) is 22.1 Å². The van der Waals surface area contributed by atoms with Gasteiger partial charge in [-0.15, -0.1) is 0 Å². The summed E-state index contributed by atoms with van der Waals surface area (Å²) in [6, 6.07) is 10.8. The van der Waals surface area contributed by atoms with Gasteiger partial charge in [-0.1, -0.05) is 13.8 Å². The number of aryl methyl sites for hydroxylation is 1. The van der Waals surface area contributed by atoms with Crippen molar-refractivity contribution in [2.24, 2.45) is 7.05 Å². The fourth-order valence-corrected chi connectivity index (χ4v) is 6.32. The summed E-state index contributed by atoms with van der Waals surface area (Å²) in [5.74, 6) is 2.24. The second-order valence-corrected chi connectivity index (χ2v) is 11.3. The monoisotopic (exact) mass is 513 g/mol. The van der Waals surface area contributed by atoms with Crippen molar-refractivity contribution in [1.29, 1.82) is 0 Å². The first-order valence-corrected chi connectivity index (χ1v) is 13.7. The first-order chi connectivity index (χ1) is 17.2. The standard InChI is InChI=1S/C27H35N3O5S/c1-19(2)27-26(17-28-29(27)3)36(31,32)23-9-7-22(8-10-23)35-14-6-12-30-13-11-20-15-24(33-4)25(34-5)16-21(20)18-30/h7-10,15-17,19H,6,11-14,18H2,1-5H3. The fourth-order valence-electron chi connectivity index (χ4n) is 4.74. The maximum Gasteiger partial charge on any atom is 0.209 e. The van der Waals surface area contributed by atoms with Crippen LogP contribution in [-0.2, 0) is 29.9 Å². The summed E-state index contributed by atoms with van der Waals surface area (Å²) in [5, 5.41) is 4.16. The molecular formula is C27H35N3O5S. The molecule has 1 aliphatic heterocycles. The zero-order valence-corrected chi connectivity index (χ0v) is 22.5. The summed E-state index contributed by atoms with van der Waals surface area (Å²) in [6.45, 7) is 7.25. The van der Waals surface area contributed by atoms with E-state index in [4.69, 9.17) is 14.2 Å². The van der Waals surface area contributed by atoms with E-state index in [9.17, 15) is 8.42 Å². The van der Waals surface area contributed by atoms with Gasteiger partial charge in [0, 0.05) is 26.7 Å². The second-order valence-electron chi connectivity index (χ2n) is 9.35. The number of methoxy groups -OCH3 is 2. The molecule has 2 aromatic carbocycles. The van der Waals surface area contributed by atoms with Gasteiger partial charge >= 0.3 is 0 Å². The van der Waals surface area contributed by atoms with E-state index >= 15 is 0 Å². The number of sulfone groups is 1. The Kier molecular flexibility index (Phi) is 7.90. The Morgan fingerprint density at radius 1 is 1.03 bits per heavy atom. The highest BCUT2D eigenvalue weighted by Crippen LogP contribution is 2.33. The van der Waals surface area contributed by atoms with Gasteiger partial charge in [-0.2, -0.15) is 5.10 Å².